The summed E-state index contributed by atoms with van der Waals surface area (Å²) in [6, 6.07) is 9.84. The van der Waals surface area contributed by atoms with Gasteiger partial charge in [-0.3, -0.25) is 4.79 Å². The van der Waals surface area contributed by atoms with E-state index in [1.165, 1.54) is 12.1 Å². The maximum absolute atomic E-state index is 13.3. The Morgan fingerprint density at radius 2 is 1.85 bits per heavy atom. The summed E-state index contributed by atoms with van der Waals surface area (Å²) in [6.07, 6.45) is 3.00. The molecular formula is C26H27FN2O4. The molecule has 6 nitrogen and oxygen atoms in total. The van der Waals surface area contributed by atoms with Crippen LogP contribution >= 0.6 is 0 Å². The van der Waals surface area contributed by atoms with Crippen molar-refractivity contribution >= 4 is 27.8 Å². The molecule has 0 fully saturated rings. The van der Waals surface area contributed by atoms with E-state index < -0.39 is 5.63 Å². The molecule has 0 spiro atoms. The summed E-state index contributed by atoms with van der Waals surface area (Å²) in [6.45, 7) is 3.37. The van der Waals surface area contributed by atoms with E-state index in [0.29, 0.717) is 29.7 Å². The number of carbonyl (C=O) groups excluding carboxylic acids is 1. The zero-order chi connectivity index (χ0) is 23.5. The van der Waals surface area contributed by atoms with Crippen molar-refractivity contribution in [3.05, 3.63) is 70.0 Å². The third-order valence-corrected chi connectivity index (χ3v) is 5.84. The van der Waals surface area contributed by atoms with Crippen LogP contribution in [-0.4, -0.2) is 38.0 Å². The van der Waals surface area contributed by atoms with Crippen LogP contribution < -0.4 is 10.9 Å². The van der Waals surface area contributed by atoms with Gasteiger partial charge >= 0.3 is 5.63 Å². The molecule has 2 aromatic heterocycles. The van der Waals surface area contributed by atoms with Gasteiger partial charge in [0.05, 0.1) is 6.26 Å². The maximum atomic E-state index is 13.3. The van der Waals surface area contributed by atoms with Gasteiger partial charge in [0, 0.05) is 40.9 Å². The lowest BCUT2D eigenvalue weighted by Crippen LogP contribution is -2.27. The van der Waals surface area contributed by atoms with Gasteiger partial charge in [0.15, 0.2) is 0 Å². The number of amides is 1. The monoisotopic (exact) mass is 450 g/mol. The fraction of sp³-hybridized carbons (Fsp3) is 0.308. The normalized spacial score (nSPS) is 11.5. The van der Waals surface area contributed by atoms with Gasteiger partial charge in [-0.05, 0) is 69.7 Å². The van der Waals surface area contributed by atoms with Crippen LogP contribution in [0.5, 0.6) is 0 Å². The molecule has 2 aromatic carbocycles. The zero-order valence-electron chi connectivity index (χ0n) is 19.0. The van der Waals surface area contributed by atoms with Gasteiger partial charge < -0.3 is 19.1 Å². The van der Waals surface area contributed by atoms with Crippen molar-refractivity contribution in [2.45, 2.75) is 26.2 Å². The van der Waals surface area contributed by atoms with E-state index in [1.54, 1.807) is 24.5 Å². The van der Waals surface area contributed by atoms with E-state index in [1.807, 2.05) is 27.1 Å². The average Bonchev–Trinajstić information content (AvgIpc) is 3.18. The van der Waals surface area contributed by atoms with E-state index in [0.717, 1.165) is 40.4 Å². The molecule has 4 rings (SSSR count). The quantitative estimate of drug-likeness (QED) is 0.312. The molecule has 1 N–H and O–H groups in total. The van der Waals surface area contributed by atoms with Crippen molar-refractivity contribution in [1.29, 1.82) is 0 Å². The van der Waals surface area contributed by atoms with Crippen LogP contribution in [0.15, 0.2) is 56.3 Å². The molecule has 0 aliphatic carbocycles. The minimum absolute atomic E-state index is 0.0865. The van der Waals surface area contributed by atoms with Crippen molar-refractivity contribution in [2.75, 3.05) is 27.2 Å². The summed E-state index contributed by atoms with van der Waals surface area (Å²) in [4.78, 5) is 26.9. The Morgan fingerprint density at radius 3 is 2.58 bits per heavy atom. The predicted molar refractivity (Wildman–Crippen MR) is 127 cm³/mol. The highest BCUT2D eigenvalue weighted by Gasteiger charge is 2.16. The molecule has 0 saturated carbocycles. The molecule has 0 bridgehead atoms. The first-order valence-electron chi connectivity index (χ1n) is 11.0. The van der Waals surface area contributed by atoms with E-state index >= 15 is 0 Å². The minimum atomic E-state index is -0.440. The Labute approximate surface area is 191 Å². The number of carbonyl (C=O) groups is 1. The molecule has 7 heteroatoms. The highest BCUT2D eigenvalue weighted by Crippen LogP contribution is 2.34. The van der Waals surface area contributed by atoms with Crippen molar-refractivity contribution in [2.24, 2.45) is 0 Å². The number of aryl methyl sites for hydroxylation is 1. The fourth-order valence-corrected chi connectivity index (χ4v) is 4.00. The lowest BCUT2D eigenvalue weighted by Gasteiger charge is -2.10. The largest absolute Gasteiger partial charge is 0.464 e. The predicted octanol–water partition coefficient (Wildman–Crippen LogP) is 4.65. The third kappa shape index (κ3) is 4.98. The molecular weight excluding hydrogens is 423 g/mol. The fourth-order valence-electron chi connectivity index (χ4n) is 4.00. The van der Waals surface area contributed by atoms with Crippen LogP contribution in [0.2, 0.25) is 0 Å². The standard InChI is InChI=1S/C26H27FN2O4/c1-16-19(9-10-25(30)28-11-4-12-29(2)3)26(31)33-24-14-23-21(13-20(16)24)22(15-32-23)17-5-7-18(27)8-6-17/h5-8,13-15H,4,9-12H2,1-3H3,(H,28,30). The number of halogens is 1. The Hall–Kier alpha value is -3.45. The molecule has 0 radical (unpaired) electrons. The first kappa shape index (κ1) is 22.7. The van der Waals surface area contributed by atoms with Crippen molar-refractivity contribution in [3.8, 4) is 11.1 Å². The Morgan fingerprint density at radius 1 is 1.09 bits per heavy atom. The van der Waals surface area contributed by atoms with E-state index in [-0.39, 0.29) is 18.1 Å². The van der Waals surface area contributed by atoms with E-state index in [2.05, 4.69) is 10.2 Å². The first-order chi connectivity index (χ1) is 15.8. The first-order valence-corrected chi connectivity index (χ1v) is 11.0. The number of fused-ring (bicyclic) bond motifs is 2. The summed E-state index contributed by atoms with van der Waals surface area (Å²) in [5.41, 5.74) is 3.51. The topological polar surface area (TPSA) is 75.7 Å². The maximum Gasteiger partial charge on any atom is 0.339 e. The number of rotatable bonds is 8. The Kier molecular flexibility index (Phi) is 6.60. The van der Waals surface area contributed by atoms with Crippen LogP contribution in [0.4, 0.5) is 4.39 Å². The van der Waals surface area contributed by atoms with Gasteiger partial charge in [-0.2, -0.15) is 0 Å². The van der Waals surface area contributed by atoms with Crippen molar-refractivity contribution in [3.63, 3.8) is 0 Å². The lowest BCUT2D eigenvalue weighted by molar-refractivity contribution is -0.121. The summed E-state index contributed by atoms with van der Waals surface area (Å²) >= 11 is 0. The lowest BCUT2D eigenvalue weighted by atomic mass is 9.99. The Bertz CT molecular complexity index is 1350. The van der Waals surface area contributed by atoms with Crippen molar-refractivity contribution in [1.82, 2.24) is 10.2 Å². The summed E-state index contributed by atoms with van der Waals surface area (Å²) in [5.74, 6) is -0.391. The van der Waals surface area contributed by atoms with Gasteiger partial charge in [-0.1, -0.05) is 12.1 Å². The van der Waals surface area contributed by atoms with Gasteiger partial charge in [-0.15, -0.1) is 0 Å². The Balaban J connectivity index is 1.60. The molecule has 0 atom stereocenters. The van der Waals surface area contributed by atoms with Crippen molar-refractivity contribution < 1.29 is 18.0 Å². The summed E-state index contributed by atoms with van der Waals surface area (Å²) in [5, 5.41) is 4.53. The minimum Gasteiger partial charge on any atom is -0.464 e. The van der Waals surface area contributed by atoms with Crippen LogP contribution in [0.25, 0.3) is 33.1 Å². The van der Waals surface area contributed by atoms with Gasteiger partial charge in [0.2, 0.25) is 5.91 Å². The number of hydrogen-bond donors (Lipinski definition) is 1. The SMILES string of the molecule is Cc1c(CCC(=O)NCCCN(C)C)c(=O)oc2cc3occ(-c4ccc(F)cc4)c3cc12. The molecule has 0 aliphatic heterocycles. The van der Waals surface area contributed by atoms with Gasteiger partial charge in [0.25, 0.3) is 0 Å². The van der Waals surface area contributed by atoms with Gasteiger partial charge in [-0.25, -0.2) is 9.18 Å². The molecule has 0 saturated heterocycles. The highest BCUT2D eigenvalue weighted by atomic mass is 19.1. The highest BCUT2D eigenvalue weighted by molar-refractivity contribution is 6.02. The van der Waals surface area contributed by atoms with Gasteiger partial charge in [0.1, 0.15) is 17.0 Å². The number of nitrogens with one attached hydrogen (secondary N) is 1. The molecule has 2 heterocycles. The van der Waals surface area contributed by atoms with E-state index in [4.69, 9.17) is 8.83 Å². The van der Waals surface area contributed by atoms with Crippen LogP contribution in [0.3, 0.4) is 0 Å². The smallest absolute Gasteiger partial charge is 0.339 e. The molecule has 1 amide bonds. The second-order valence-corrected chi connectivity index (χ2v) is 8.50. The zero-order valence-corrected chi connectivity index (χ0v) is 19.0. The summed E-state index contributed by atoms with van der Waals surface area (Å²) in [7, 11) is 3.98. The van der Waals surface area contributed by atoms with Crippen LogP contribution in [0, 0.1) is 12.7 Å². The molecule has 4 aromatic rings. The number of furan rings is 1. The third-order valence-electron chi connectivity index (χ3n) is 5.84. The number of hydrogen-bond acceptors (Lipinski definition) is 5. The second-order valence-electron chi connectivity index (χ2n) is 8.50. The van der Waals surface area contributed by atoms with E-state index in [9.17, 15) is 14.0 Å². The molecule has 0 aliphatic rings. The average molecular weight is 451 g/mol. The number of nitrogens with zero attached hydrogens (tertiary/aromatic N) is 1. The summed E-state index contributed by atoms with van der Waals surface area (Å²) < 4.78 is 24.6. The van der Waals surface area contributed by atoms with Crippen LogP contribution in [-0.2, 0) is 11.2 Å². The number of benzene rings is 2. The second kappa shape index (κ2) is 9.58. The molecule has 0 unspecified atom stereocenters. The van der Waals surface area contributed by atoms with Crippen LogP contribution in [0.1, 0.15) is 24.0 Å². The molecule has 33 heavy (non-hydrogen) atoms. The molecule has 172 valence electrons.